The molecule has 0 aromatic rings. The Morgan fingerprint density at radius 2 is 2.00 bits per heavy atom. The highest BCUT2D eigenvalue weighted by molar-refractivity contribution is 5.73. The van der Waals surface area contributed by atoms with E-state index >= 15 is 0 Å². The third kappa shape index (κ3) is 3.66. The Morgan fingerprint density at radius 3 is 2.43 bits per heavy atom. The quantitative estimate of drug-likeness (QED) is 0.273. The number of hydrogen-bond donors (Lipinski definition) is 5. The van der Waals surface area contributed by atoms with E-state index in [1.54, 1.807) is 0 Å². The van der Waals surface area contributed by atoms with Crippen molar-refractivity contribution in [2.45, 2.75) is 44.0 Å². The molecule has 1 fully saturated rings. The Balaban J connectivity index is 2.94. The summed E-state index contributed by atoms with van der Waals surface area (Å²) in [6, 6.07) is -1.34. The van der Waals surface area contributed by atoms with Gasteiger partial charge in [-0.2, -0.15) is 0 Å². The zero-order chi connectivity index (χ0) is 16.4. The third-order valence-corrected chi connectivity index (χ3v) is 3.38. The summed E-state index contributed by atoms with van der Waals surface area (Å²) in [4.78, 5) is 22.0. The van der Waals surface area contributed by atoms with Crippen LogP contribution >= 0.6 is 0 Å². The number of nitrogens with zero attached hydrogens (tertiary/aromatic N) is 2. The fraction of sp³-hybridized carbons (Fsp3) is 0.909. The highest BCUT2D eigenvalue weighted by Crippen LogP contribution is 2.26. The predicted octanol–water partition coefficient (Wildman–Crippen LogP) is -2.12. The maximum Gasteiger partial charge on any atom is 0.328 e. The molecule has 10 heteroatoms. The molecule has 1 aliphatic heterocycles. The smallest absolute Gasteiger partial charge is 0.328 e. The van der Waals surface area contributed by atoms with E-state index in [1.807, 2.05) is 0 Å². The Bertz CT molecular complexity index is 392. The van der Waals surface area contributed by atoms with Gasteiger partial charge in [0.1, 0.15) is 24.4 Å². The van der Waals surface area contributed by atoms with Crippen LogP contribution in [0.15, 0.2) is 5.29 Å². The second kappa shape index (κ2) is 6.62. The molecule has 1 rings (SSSR count). The lowest BCUT2D eigenvalue weighted by Crippen LogP contribution is -2.65. The number of carboxylic acid groups (broad SMARTS) is 1. The largest absolute Gasteiger partial charge is 0.480 e. The second-order valence-electron chi connectivity index (χ2n) is 5.36. The predicted molar refractivity (Wildman–Crippen MR) is 67.7 cm³/mol. The van der Waals surface area contributed by atoms with Crippen LogP contribution in [0.2, 0.25) is 0 Å². The average Bonchev–Trinajstić information content (AvgIpc) is 2.39. The minimum atomic E-state index is -2.42. The lowest BCUT2D eigenvalue weighted by Gasteiger charge is -2.43. The molecule has 1 aliphatic rings. The molecule has 21 heavy (non-hydrogen) atoms. The van der Waals surface area contributed by atoms with Gasteiger partial charge in [0.15, 0.2) is 0 Å². The molecular weight excluding hydrogens is 288 g/mol. The molecule has 0 aromatic heterocycles. The molecule has 5 N–H and O–H groups in total. The van der Waals surface area contributed by atoms with Crippen LogP contribution in [0, 0.1) is 10.8 Å². The maximum atomic E-state index is 11.2. The molecule has 10 nitrogen and oxygen atoms in total. The molecule has 5 atom stereocenters. The Kier molecular flexibility index (Phi) is 5.59. The first-order valence-corrected chi connectivity index (χ1v) is 6.37. The topological polar surface area (TPSA) is 160 Å². The van der Waals surface area contributed by atoms with E-state index in [-0.39, 0.29) is 0 Å². The standard InChI is InChI=1S/C11H20N2O8/c1-5(2)7(10(17)18)13(12-20)4-11(19)9(16)8(15)6(14)3-21-11/h5-9,14-16,19H,3-4H2,1-2H3,(H,17,18)/t6-,7-,8-,9-,11-/m1/s1. The molecule has 1 heterocycles. The van der Waals surface area contributed by atoms with Crippen LogP contribution in [-0.4, -0.2) is 79.8 Å². The number of carboxylic acids is 1. The summed E-state index contributed by atoms with van der Waals surface area (Å²) in [5, 5.41) is 51.0. The maximum absolute atomic E-state index is 11.2. The lowest BCUT2D eigenvalue weighted by molar-refractivity contribution is -0.326. The van der Waals surface area contributed by atoms with Gasteiger partial charge >= 0.3 is 5.97 Å². The second-order valence-corrected chi connectivity index (χ2v) is 5.36. The number of aliphatic hydroxyl groups excluding tert-OH is 3. The van der Waals surface area contributed by atoms with Gasteiger partial charge in [0.05, 0.1) is 18.4 Å². The van der Waals surface area contributed by atoms with E-state index < -0.39 is 55.2 Å². The van der Waals surface area contributed by atoms with Crippen LogP contribution in [-0.2, 0) is 9.53 Å². The SMILES string of the molecule is CC(C)[C@H](C(=O)O)N(C[C@@]1(O)OC[C@@H](O)[C@@H](O)[C@H]1O)N=O. The van der Waals surface area contributed by atoms with E-state index in [0.717, 1.165) is 0 Å². The van der Waals surface area contributed by atoms with E-state index in [9.17, 15) is 30.1 Å². The van der Waals surface area contributed by atoms with Crippen molar-refractivity contribution in [3.05, 3.63) is 4.91 Å². The molecular formula is C11H20N2O8. The van der Waals surface area contributed by atoms with Gasteiger partial charge < -0.3 is 30.3 Å². The molecule has 0 spiro atoms. The van der Waals surface area contributed by atoms with Gasteiger partial charge in [-0.1, -0.05) is 13.8 Å². The minimum absolute atomic E-state index is 0.485. The first kappa shape index (κ1) is 17.7. The number of nitroso groups, excluding NO2 is 1. The normalized spacial score (nSPS) is 34.5. The van der Waals surface area contributed by atoms with Crippen LogP contribution in [0.4, 0.5) is 0 Å². The van der Waals surface area contributed by atoms with E-state index in [1.165, 1.54) is 13.8 Å². The monoisotopic (exact) mass is 308 g/mol. The van der Waals surface area contributed by atoms with Crippen molar-refractivity contribution in [1.29, 1.82) is 0 Å². The highest BCUT2D eigenvalue weighted by Gasteiger charge is 2.51. The number of rotatable bonds is 6. The van der Waals surface area contributed by atoms with Crippen molar-refractivity contribution >= 4 is 5.97 Å². The first-order valence-electron chi connectivity index (χ1n) is 6.37. The third-order valence-electron chi connectivity index (χ3n) is 3.38. The van der Waals surface area contributed by atoms with Gasteiger partial charge in [-0.05, 0) is 5.92 Å². The van der Waals surface area contributed by atoms with E-state index in [0.29, 0.717) is 5.01 Å². The summed E-state index contributed by atoms with van der Waals surface area (Å²) in [6.45, 7) is 1.83. The van der Waals surface area contributed by atoms with Crippen LogP contribution in [0.5, 0.6) is 0 Å². The van der Waals surface area contributed by atoms with Crippen LogP contribution in [0.3, 0.4) is 0 Å². The minimum Gasteiger partial charge on any atom is -0.480 e. The molecule has 122 valence electrons. The molecule has 0 saturated carbocycles. The zero-order valence-electron chi connectivity index (χ0n) is 11.7. The Morgan fingerprint density at radius 1 is 1.43 bits per heavy atom. The van der Waals surface area contributed by atoms with Crippen LogP contribution in [0.25, 0.3) is 0 Å². The molecule has 0 aromatic carbocycles. The molecule has 0 aliphatic carbocycles. The lowest BCUT2D eigenvalue weighted by atomic mass is 9.95. The molecule has 0 unspecified atom stereocenters. The Hall–Kier alpha value is -1.33. The van der Waals surface area contributed by atoms with Crippen molar-refractivity contribution < 1.29 is 35.1 Å². The molecule has 0 amide bonds. The van der Waals surface area contributed by atoms with Crippen molar-refractivity contribution in [1.82, 2.24) is 5.01 Å². The van der Waals surface area contributed by atoms with Gasteiger partial charge in [0, 0.05) is 0 Å². The number of carbonyl (C=O) groups is 1. The van der Waals surface area contributed by atoms with Crippen LogP contribution in [0.1, 0.15) is 13.8 Å². The zero-order valence-corrected chi connectivity index (χ0v) is 11.7. The number of aliphatic carboxylic acids is 1. The molecule has 0 radical (unpaired) electrons. The van der Waals surface area contributed by atoms with Gasteiger partial charge in [-0.25, -0.2) is 9.80 Å². The first-order chi connectivity index (χ1) is 9.64. The summed E-state index contributed by atoms with van der Waals surface area (Å²) < 4.78 is 4.86. The summed E-state index contributed by atoms with van der Waals surface area (Å²) >= 11 is 0. The summed E-state index contributed by atoms with van der Waals surface area (Å²) in [5.74, 6) is -4.27. The van der Waals surface area contributed by atoms with Crippen molar-refractivity contribution in [2.24, 2.45) is 11.2 Å². The molecule has 0 bridgehead atoms. The highest BCUT2D eigenvalue weighted by atomic mass is 16.6. The average molecular weight is 308 g/mol. The van der Waals surface area contributed by atoms with Crippen molar-refractivity contribution in [3.63, 3.8) is 0 Å². The number of aliphatic hydroxyl groups is 4. The van der Waals surface area contributed by atoms with Gasteiger partial charge in [0.2, 0.25) is 5.79 Å². The van der Waals surface area contributed by atoms with E-state index in [4.69, 9.17) is 9.84 Å². The fourth-order valence-corrected chi connectivity index (χ4v) is 2.20. The van der Waals surface area contributed by atoms with Crippen molar-refractivity contribution in [2.75, 3.05) is 13.2 Å². The Labute approximate surface area is 120 Å². The van der Waals surface area contributed by atoms with Gasteiger partial charge in [0.25, 0.3) is 0 Å². The fourth-order valence-electron chi connectivity index (χ4n) is 2.20. The number of hydrogen-bond acceptors (Lipinski definition) is 8. The van der Waals surface area contributed by atoms with E-state index in [2.05, 4.69) is 5.29 Å². The number of ether oxygens (including phenoxy) is 1. The van der Waals surface area contributed by atoms with Crippen LogP contribution < -0.4 is 0 Å². The molecule has 1 saturated heterocycles. The summed E-state index contributed by atoms with van der Waals surface area (Å²) in [5.41, 5.74) is 0. The van der Waals surface area contributed by atoms with Gasteiger partial charge in [-0.15, -0.1) is 4.91 Å². The summed E-state index contributed by atoms with van der Waals surface area (Å²) in [7, 11) is 0. The van der Waals surface area contributed by atoms with Gasteiger partial charge in [-0.3, -0.25) is 0 Å². The summed E-state index contributed by atoms with van der Waals surface area (Å²) in [6.07, 6.45) is -5.02. The van der Waals surface area contributed by atoms with Crippen molar-refractivity contribution in [3.8, 4) is 0 Å².